The van der Waals surface area contributed by atoms with E-state index in [-0.39, 0.29) is 11.7 Å². The van der Waals surface area contributed by atoms with Crippen molar-refractivity contribution in [2.45, 2.75) is 66.1 Å². The quantitative estimate of drug-likeness (QED) is 0.376. The summed E-state index contributed by atoms with van der Waals surface area (Å²) in [6.07, 6.45) is 1.07. The van der Waals surface area contributed by atoms with Crippen LogP contribution in [0, 0.1) is 5.41 Å². The van der Waals surface area contributed by atoms with Crippen molar-refractivity contribution in [3.63, 3.8) is 0 Å². The van der Waals surface area contributed by atoms with Crippen molar-refractivity contribution in [2.75, 3.05) is 33.5 Å². The van der Waals surface area contributed by atoms with Crippen LogP contribution in [0.3, 0.4) is 0 Å². The first-order valence-corrected chi connectivity index (χ1v) is 10.7. The summed E-state index contributed by atoms with van der Waals surface area (Å²) < 4.78 is 34.9. The minimum atomic E-state index is -2.71. The molecule has 1 saturated heterocycles. The van der Waals surface area contributed by atoms with Crippen LogP contribution in [0.25, 0.3) is 0 Å². The first-order chi connectivity index (χ1) is 11.0. The molecule has 0 aromatic carbocycles. The third-order valence-electron chi connectivity index (χ3n) is 4.14. The van der Waals surface area contributed by atoms with Gasteiger partial charge in [-0.05, 0) is 27.2 Å². The molecule has 1 fully saturated rings. The Bertz CT molecular complexity index is 301. The molecule has 0 aromatic rings. The summed E-state index contributed by atoms with van der Waals surface area (Å²) >= 11 is 0. The molecule has 0 bridgehead atoms. The minimum absolute atomic E-state index is 0.0848. The Kier molecular flexibility index (Phi) is 9.21. The molecule has 0 aromatic heterocycles. The highest BCUT2D eigenvalue weighted by Gasteiger charge is 2.48. The Labute approximate surface area is 142 Å². The zero-order valence-corrected chi connectivity index (χ0v) is 16.6. The van der Waals surface area contributed by atoms with Gasteiger partial charge in [-0.25, -0.2) is 0 Å². The van der Waals surface area contributed by atoms with Gasteiger partial charge in [0.15, 0.2) is 12.6 Å². The average Bonchev–Trinajstić information content (AvgIpc) is 2.46. The topological polar surface area (TPSA) is 55.4 Å². The van der Waals surface area contributed by atoms with Crippen LogP contribution in [0.1, 0.15) is 47.5 Å². The van der Waals surface area contributed by atoms with Crippen LogP contribution >= 0.6 is 0 Å². The molecule has 1 heterocycles. The molecule has 0 saturated carbocycles. The molecular formula is C16H34O6Si. The van der Waals surface area contributed by atoms with Crippen molar-refractivity contribution in [3.05, 3.63) is 0 Å². The number of ether oxygens (including phenoxy) is 3. The molecule has 1 rings (SSSR count). The average molecular weight is 351 g/mol. The second-order valence-electron chi connectivity index (χ2n) is 5.90. The van der Waals surface area contributed by atoms with Crippen molar-refractivity contribution >= 4 is 8.80 Å². The maximum atomic E-state index is 6.15. The standard InChI is InChI=1S/C16H34O6Si/c1-7-11-23(19-9-3,20-10-4)22-14(5)21-15(17-6)16(8-2)12-18-13-16/h14-15H,7-13H2,1-6H3. The summed E-state index contributed by atoms with van der Waals surface area (Å²) in [6.45, 7) is 12.5. The molecule has 0 amide bonds. The van der Waals surface area contributed by atoms with Gasteiger partial charge >= 0.3 is 8.80 Å². The van der Waals surface area contributed by atoms with Gasteiger partial charge in [-0.15, -0.1) is 0 Å². The zero-order valence-electron chi connectivity index (χ0n) is 15.6. The molecule has 0 radical (unpaired) electrons. The number of hydrogen-bond acceptors (Lipinski definition) is 6. The smallest absolute Gasteiger partial charge is 0.380 e. The summed E-state index contributed by atoms with van der Waals surface area (Å²) in [5.41, 5.74) is -0.0848. The fourth-order valence-electron chi connectivity index (χ4n) is 2.83. The Morgan fingerprint density at radius 2 is 1.70 bits per heavy atom. The van der Waals surface area contributed by atoms with Gasteiger partial charge in [0, 0.05) is 26.4 Å². The predicted molar refractivity (Wildman–Crippen MR) is 90.1 cm³/mol. The van der Waals surface area contributed by atoms with Gasteiger partial charge in [0.1, 0.15) is 0 Å². The maximum Gasteiger partial charge on any atom is 0.502 e. The molecule has 2 atom stereocenters. The highest BCUT2D eigenvalue weighted by Crippen LogP contribution is 2.38. The molecule has 0 N–H and O–H groups in total. The lowest BCUT2D eigenvalue weighted by Crippen LogP contribution is -2.55. The lowest BCUT2D eigenvalue weighted by Gasteiger charge is -2.46. The highest BCUT2D eigenvalue weighted by atomic mass is 28.4. The predicted octanol–water partition coefficient (Wildman–Crippen LogP) is 3.19. The molecule has 138 valence electrons. The Hall–Kier alpha value is -0.0231. The first-order valence-electron chi connectivity index (χ1n) is 8.73. The molecule has 1 aliphatic heterocycles. The largest absolute Gasteiger partial charge is 0.502 e. The Morgan fingerprint density at radius 3 is 2.04 bits per heavy atom. The van der Waals surface area contributed by atoms with E-state index in [9.17, 15) is 0 Å². The van der Waals surface area contributed by atoms with E-state index >= 15 is 0 Å². The number of hydrogen-bond donors (Lipinski definition) is 0. The zero-order chi connectivity index (χ0) is 17.3. The molecule has 2 unspecified atom stereocenters. The van der Waals surface area contributed by atoms with Gasteiger partial charge < -0.3 is 27.5 Å². The van der Waals surface area contributed by atoms with Gasteiger partial charge in [0.25, 0.3) is 0 Å². The van der Waals surface area contributed by atoms with Crippen molar-refractivity contribution < 1.29 is 27.5 Å². The summed E-state index contributed by atoms with van der Waals surface area (Å²) in [5, 5.41) is 0. The fourth-order valence-corrected chi connectivity index (χ4v) is 5.51. The second kappa shape index (κ2) is 10.1. The van der Waals surface area contributed by atoms with E-state index in [1.54, 1.807) is 7.11 Å². The third kappa shape index (κ3) is 5.49. The third-order valence-corrected chi connectivity index (χ3v) is 7.40. The van der Waals surface area contributed by atoms with Gasteiger partial charge in [-0.3, -0.25) is 0 Å². The molecule has 0 aliphatic carbocycles. The van der Waals surface area contributed by atoms with Crippen molar-refractivity contribution in [1.29, 1.82) is 0 Å². The van der Waals surface area contributed by atoms with Crippen LogP contribution in [0.5, 0.6) is 0 Å². The highest BCUT2D eigenvalue weighted by molar-refractivity contribution is 6.60. The summed E-state index contributed by atoms with van der Waals surface area (Å²) in [5.74, 6) is 0. The van der Waals surface area contributed by atoms with Crippen LogP contribution in [-0.4, -0.2) is 54.9 Å². The molecule has 0 spiro atoms. The SMILES string of the molecule is CCC[Si](OCC)(OCC)OC(C)OC(OC)C1(CC)COC1. The van der Waals surface area contributed by atoms with Gasteiger partial charge in [-0.1, -0.05) is 20.3 Å². The summed E-state index contributed by atoms with van der Waals surface area (Å²) in [7, 11) is -1.05. The van der Waals surface area contributed by atoms with Crippen molar-refractivity contribution in [3.8, 4) is 0 Å². The Balaban J connectivity index is 2.70. The molecular weight excluding hydrogens is 316 g/mol. The van der Waals surface area contributed by atoms with E-state index < -0.39 is 15.1 Å². The second-order valence-corrected chi connectivity index (χ2v) is 8.58. The van der Waals surface area contributed by atoms with Crippen LogP contribution in [0.4, 0.5) is 0 Å². The molecule has 1 aliphatic rings. The van der Waals surface area contributed by atoms with Crippen LogP contribution in [0.15, 0.2) is 0 Å². The van der Waals surface area contributed by atoms with Crippen molar-refractivity contribution in [2.24, 2.45) is 5.41 Å². The first kappa shape index (κ1) is 21.0. The van der Waals surface area contributed by atoms with Crippen molar-refractivity contribution in [1.82, 2.24) is 0 Å². The normalized spacial score (nSPS) is 20.1. The fraction of sp³-hybridized carbons (Fsp3) is 1.00. The van der Waals surface area contributed by atoms with E-state index in [1.807, 2.05) is 20.8 Å². The van der Waals surface area contributed by atoms with Crippen LogP contribution in [-0.2, 0) is 27.5 Å². The van der Waals surface area contributed by atoms with Gasteiger partial charge in [0.2, 0.25) is 0 Å². The molecule has 23 heavy (non-hydrogen) atoms. The van der Waals surface area contributed by atoms with E-state index in [0.717, 1.165) is 18.9 Å². The van der Waals surface area contributed by atoms with Crippen LogP contribution < -0.4 is 0 Å². The van der Waals surface area contributed by atoms with E-state index in [1.165, 1.54) is 0 Å². The Morgan fingerprint density at radius 1 is 1.09 bits per heavy atom. The monoisotopic (exact) mass is 350 g/mol. The van der Waals surface area contributed by atoms with E-state index in [0.29, 0.717) is 26.4 Å². The lowest BCUT2D eigenvalue weighted by atomic mass is 9.82. The van der Waals surface area contributed by atoms with Gasteiger partial charge in [-0.2, -0.15) is 0 Å². The van der Waals surface area contributed by atoms with Gasteiger partial charge in [0.05, 0.1) is 18.6 Å². The molecule has 7 heteroatoms. The molecule has 6 nitrogen and oxygen atoms in total. The number of rotatable bonds is 13. The summed E-state index contributed by atoms with van der Waals surface area (Å²) in [4.78, 5) is 0. The summed E-state index contributed by atoms with van der Waals surface area (Å²) in [6, 6.07) is 0.780. The minimum Gasteiger partial charge on any atom is -0.380 e. The van der Waals surface area contributed by atoms with Crippen LogP contribution in [0.2, 0.25) is 6.04 Å². The maximum absolute atomic E-state index is 6.15. The lowest BCUT2D eigenvalue weighted by molar-refractivity contribution is -0.307. The van der Waals surface area contributed by atoms with E-state index in [4.69, 9.17) is 27.5 Å². The van der Waals surface area contributed by atoms with E-state index in [2.05, 4.69) is 13.8 Å². The number of methoxy groups -OCH3 is 1.